The van der Waals surface area contributed by atoms with E-state index in [9.17, 15) is 24.0 Å². The number of nitrogens with zero attached hydrogens (tertiary/aromatic N) is 3. The van der Waals surface area contributed by atoms with E-state index in [1.54, 1.807) is 56.0 Å². The predicted octanol–water partition coefficient (Wildman–Crippen LogP) is 4.96. The summed E-state index contributed by atoms with van der Waals surface area (Å²) in [4.78, 5) is 74.7. The normalized spacial score (nSPS) is 36.1. The number of carbonyl (C=O) groups excluding carboxylic acids is 5. The Bertz CT molecular complexity index is 2160. The van der Waals surface area contributed by atoms with Gasteiger partial charge in [0.1, 0.15) is 11.7 Å². The van der Waals surface area contributed by atoms with Gasteiger partial charge < -0.3 is 49.4 Å². The number of anilines is 1. The first-order valence-corrected chi connectivity index (χ1v) is 23.2. The average molecular weight is 917 g/mol. The molecule has 0 radical (unpaired) electrons. The third kappa shape index (κ3) is 9.55. The molecule has 0 bridgehead atoms. The SMILES string of the molecule is CO[C@@]1(C)C[C@@H](C)C(=O)[C@H](C)C2N(CCCCN3C=C(c4cccc(N)c4)NN3)C(=O)O[C@@]23C(C)[C@H]3OC(=O)[C@H](C)C(=O)[C@H](C)[C@H]1OC1O[C@H](C)C[C@H](N(C)C)[C@H]1OC(=O)c1ccccc1. The number of likely N-dealkylation sites (N-methyl/N-ethyl adjacent to an activating group) is 1. The zero-order chi connectivity index (χ0) is 47.8. The van der Waals surface area contributed by atoms with Crippen molar-refractivity contribution >= 4 is 41.0 Å². The lowest BCUT2D eigenvalue weighted by Gasteiger charge is -2.47. The zero-order valence-electron chi connectivity index (χ0n) is 39.9. The second-order valence-electron chi connectivity index (χ2n) is 19.4. The quantitative estimate of drug-likeness (QED) is 0.0848. The number of esters is 2. The van der Waals surface area contributed by atoms with Gasteiger partial charge in [0, 0.05) is 61.3 Å². The van der Waals surface area contributed by atoms with E-state index in [0.29, 0.717) is 43.6 Å². The van der Waals surface area contributed by atoms with Crippen molar-refractivity contribution in [2.24, 2.45) is 29.6 Å². The highest BCUT2D eigenvalue weighted by atomic mass is 16.7. The molecular formula is C49H68N6O11. The number of hydrogen-bond donors (Lipinski definition) is 3. The van der Waals surface area contributed by atoms with Gasteiger partial charge in [-0.25, -0.2) is 9.59 Å². The second kappa shape index (κ2) is 19.6. The van der Waals surface area contributed by atoms with Crippen LogP contribution in [0, 0.1) is 29.6 Å². The van der Waals surface area contributed by atoms with Gasteiger partial charge >= 0.3 is 18.0 Å². The van der Waals surface area contributed by atoms with E-state index in [4.69, 9.17) is 34.2 Å². The molecule has 2 aromatic carbocycles. The van der Waals surface area contributed by atoms with E-state index in [-0.39, 0.29) is 24.3 Å². The number of hydrazine groups is 2. The number of rotatable bonds is 12. The first-order valence-electron chi connectivity index (χ1n) is 23.2. The van der Waals surface area contributed by atoms with Crippen molar-refractivity contribution in [2.45, 2.75) is 128 Å². The van der Waals surface area contributed by atoms with Crippen molar-refractivity contribution in [2.75, 3.05) is 40.0 Å². The van der Waals surface area contributed by atoms with Crippen LogP contribution in [0.4, 0.5) is 10.5 Å². The van der Waals surface area contributed by atoms with Crippen LogP contribution in [-0.4, -0.2) is 133 Å². The van der Waals surface area contributed by atoms with Gasteiger partial charge in [-0.1, -0.05) is 58.0 Å². The van der Waals surface area contributed by atoms with Crippen molar-refractivity contribution in [3.8, 4) is 0 Å². The Hall–Kier alpha value is -5.07. The summed E-state index contributed by atoms with van der Waals surface area (Å²) in [5.74, 6) is -6.12. The zero-order valence-corrected chi connectivity index (χ0v) is 39.9. The number of benzene rings is 2. The summed E-state index contributed by atoms with van der Waals surface area (Å²) in [6.45, 7) is 13.2. The number of ether oxygens (including phenoxy) is 6. The molecule has 5 aliphatic rings. The van der Waals surface area contributed by atoms with Gasteiger partial charge in [0.25, 0.3) is 0 Å². The summed E-state index contributed by atoms with van der Waals surface area (Å²) >= 11 is 0. The Morgan fingerprint density at radius 3 is 2.33 bits per heavy atom. The van der Waals surface area contributed by atoms with Gasteiger partial charge in [0.05, 0.1) is 41.2 Å². The molecule has 1 saturated carbocycles. The molecule has 66 heavy (non-hydrogen) atoms. The standard InChI is InChI=1S/C49H68N6O11/c1-27-25-48(7,61-10)42(65-46-40(37(53(8)9)23-28(2)62-46)63-45(59)33-17-12-11-13-18-33)30(4)39(57)31(5)44(58)64-43-32(6)49(43)41(29(3)38(27)56)55(47(60)66-49)22-15-14-21-54-26-36(51-52-54)34-19-16-20-35(50)24-34/h11-13,16-20,24,26-32,37,40-43,46,51-52H,14-15,21-23,25,50H2,1-10H3/t27-,28-,29+,30+,31-,32?,37+,40-,41?,42-,43-,46?,48+,49+/m1/s1. The minimum atomic E-state index is -1.34. The van der Waals surface area contributed by atoms with E-state index in [0.717, 1.165) is 11.3 Å². The third-order valence-electron chi connectivity index (χ3n) is 14.6. The summed E-state index contributed by atoms with van der Waals surface area (Å²) in [7, 11) is 5.27. The van der Waals surface area contributed by atoms with Crippen LogP contribution in [-0.2, 0) is 42.8 Å². The number of nitrogens with two attached hydrogens (primary N) is 1. The summed E-state index contributed by atoms with van der Waals surface area (Å²) in [5.41, 5.74) is 12.5. The highest BCUT2D eigenvalue weighted by molar-refractivity contribution is 6.00. The van der Waals surface area contributed by atoms with E-state index >= 15 is 0 Å². The number of ketones is 2. The number of nitrogen functional groups attached to an aromatic ring is 1. The molecule has 0 aromatic heterocycles. The van der Waals surface area contributed by atoms with E-state index in [2.05, 4.69) is 11.0 Å². The fourth-order valence-electron chi connectivity index (χ4n) is 10.7. The predicted molar refractivity (Wildman–Crippen MR) is 243 cm³/mol. The van der Waals surface area contributed by atoms with Crippen molar-refractivity contribution in [1.82, 2.24) is 25.8 Å². The third-order valence-corrected chi connectivity index (χ3v) is 14.6. The fourth-order valence-corrected chi connectivity index (χ4v) is 10.7. The van der Waals surface area contributed by atoms with Gasteiger partial charge in [-0.3, -0.25) is 19.4 Å². The molecule has 4 fully saturated rings. The lowest BCUT2D eigenvalue weighted by molar-refractivity contribution is -0.294. The first kappa shape index (κ1) is 48.9. The number of methoxy groups -OCH3 is 1. The summed E-state index contributed by atoms with van der Waals surface area (Å²) < 4.78 is 38.2. The molecule has 3 unspecified atom stereocenters. The van der Waals surface area contributed by atoms with Gasteiger partial charge in [-0.05, 0) is 84.8 Å². The maximum atomic E-state index is 14.9. The maximum Gasteiger partial charge on any atom is 0.410 e. The molecule has 17 heteroatoms. The van der Waals surface area contributed by atoms with Crippen molar-refractivity contribution in [3.63, 3.8) is 0 Å². The molecular weight excluding hydrogens is 849 g/mol. The Morgan fingerprint density at radius 2 is 1.65 bits per heavy atom. The van der Waals surface area contributed by atoms with Crippen molar-refractivity contribution < 1.29 is 52.4 Å². The van der Waals surface area contributed by atoms with Crippen molar-refractivity contribution in [1.29, 1.82) is 0 Å². The molecule has 4 aliphatic heterocycles. The van der Waals surface area contributed by atoms with Crippen LogP contribution in [0.25, 0.3) is 5.70 Å². The van der Waals surface area contributed by atoms with Crippen LogP contribution in [0.15, 0.2) is 60.8 Å². The molecule has 1 amide bonds. The fraction of sp³-hybridized carbons (Fsp3) is 0.612. The largest absolute Gasteiger partial charge is 0.457 e. The number of hydrogen-bond acceptors (Lipinski definition) is 16. The molecule has 4 N–H and O–H groups in total. The number of carbonyl (C=O) groups is 5. The monoisotopic (exact) mass is 916 g/mol. The maximum absolute atomic E-state index is 14.9. The highest BCUT2D eigenvalue weighted by Crippen LogP contribution is 2.59. The smallest absolute Gasteiger partial charge is 0.410 e. The number of Topliss-reactive ketones (excluding diaryl/α,β-unsaturated/α-hetero) is 2. The molecule has 17 nitrogen and oxygen atoms in total. The first-order chi connectivity index (χ1) is 31.3. The lowest BCUT2D eigenvalue weighted by atomic mass is 9.75. The molecule has 7 rings (SSSR count). The minimum absolute atomic E-state index is 0.0943. The van der Waals surface area contributed by atoms with Crippen LogP contribution in [0.2, 0.25) is 0 Å². The average Bonchev–Trinajstić information content (AvgIpc) is 3.57. The Balaban J connectivity index is 1.14. The van der Waals surface area contributed by atoms with Crippen molar-refractivity contribution in [3.05, 3.63) is 71.9 Å². The Kier molecular flexibility index (Phi) is 14.5. The number of unbranched alkanes of at least 4 members (excludes halogenated alkanes) is 1. The van der Waals surface area contributed by atoms with E-state index in [1.807, 2.05) is 75.2 Å². The highest BCUT2D eigenvalue weighted by Gasteiger charge is 2.78. The number of nitrogens with one attached hydrogen (secondary N) is 2. The van der Waals surface area contributed by atoms with Gasteiger partial charge in [-0.2, -0.15) is 0 Å². The lowest BCUT2D eigenvalue weighted by Crippen LogP contribution is -2.60. The Labute approximate surface area is 387 Å². The van der Waals surface area contributed by atoms with Gasteiger partial charge in [0.15, 0.2) is 29.9 Å². The molecule has 1 aliphatic carbocycles. The summed E-state index contributed by atoms with van der Waals surface area (Å²) in [6, 6.07) is 15.1. The molecule has 3 saturated heterocycles. The topological polar surface area (TPSA) is 201 Å². The van der Waals surface area contributed by atoms with Gasteiger partial charge in [-0.15, -0.1) is 5.53 Å². The van der Waals surface area contributed by atoms with Crippen LogP contribution < -0.4 is 16.7 Å². The number of amides is 1. The van der Waals surface area contributed by atoms with E-state index < -0.39 is 95.3 Å². The summed E-state index contributed by atoms with van der Waals surface area (Å²) in [5, 5.41) is 1.92. The van der Waals surface area contributed by atoms with Crippen LogP contribution in [0.5, 0.6) is 0 Å². The molecule has 14 atom stereocenters. The second-order valence-corrected chi connectivity index (χ2v) is 19.4. The van der Waals surface area contributed by atoms with E-state index in [1.165, 1.54) is 14.0 Å². The summed E-state index contributed by atoms with van der Waals surface area (Å²) in [6.07, 6.45) is -1.18. The van der Waals surface area contributed by atoms with Crippen LogP contribution in [0.3, 0.4) is 0 Å². The van der Waals surface area contributed by atoms with Crippen LogP contribution in [0.1, 0.15) is 90.1 Å². The molecule has 360 valence electrons. The molecule has 1 spiro atoms. The van der Waals surface area contributed by atoms with Crippen LogP contribution >= 0.6 is 0 Å². The molecule has 4 heterocycles. The molecule has 2 aromatic rings. The minimum Gasteiger partial charge on any atom is -0.457 e. The Morgan fingerprint density at radius 1 is 0.939 bits per heavy atom. The van der Waals surface area contributed by atoms with Gasteiger partial charge in [0.2, 0.25) is 0 Å².